The smallest absolute Gasteiger partial charge is 0.0565 e. The summed E-state index contributed by atoms with van der Waals surface area (Å²) in [6, 6.07) is 1.31. The Morgan fingerprint density at radius 3 is 2.25 bits per heavy atom. The highest BCUT2D eigenvalue weighted by atomic mass is 28.3. The van der Waals surface area contributed by atoms with Gasteiger partial charge in [-0.25, -0.2) is 0 Å². The normalized spacial score (nSPS) is 32.0. The van der Waals surface area contributed by atoms with Crippen molar-refractivity contribution in [2.75, 3.05) is 0 Å². The van der Waals surface area contributed by atoms with Crippen molar-refractivity contribution in [1.82, 2.24) is 0 Å². The van der Waals surface area contributed by atoms with Gasteiger partial charge in [0.2, 0.25) is 0 Å². The van der Waals surface area contributed by atoms with E-state index in [1.807, 2.05) is 0 Å². The van der Waals surface area contributed by atoms with Crippen LogP contribution < -0.4 is 0 Å². The second-order valence-corrected chi connectivity index (χ2v) is 10.9. The number of hydrogen-bond acceptors (Lipinski definition) is 1. The van der Waals surface area contributed by atoms with Crippen LogP contribution in [0.3, 0.4) is 0 Å². The van der Waals surface area contributed by atoms with Crippen LogP contribution in [0.4, 0.5) is 0 Å². The predicted octanol–water partition coefficient (Wildman–Crippen LogP) is 2.88. The van der Waals surface area contributed by atoms with Crippen LogP contribution in [0.1, 0.15) is 25.7 Å². The Morgan fingerprint density at radius 1 is 1.17 bits per heavy atom. The van der Waals surface area contributed by atoms with Crippen molar-refractivity contribution in [3.63, 3.8) is 0 Å². The van der Waals surface area contributed by atoms with Crippen molar-refractivity contribution in [3.05, 3.63) is 0 Å². The van der Waals surface area contributed by atoms with Gasteiger partial charge in [-0.15, -0.1) is 0 Å². The lowest BCUT2D eigenvalue weighted by molar-refractivity contribution is 0.0786. The van der Waals surface area contributed by atoms with Crippen LogP contribution in [-0.2, 0) is 0 Å². The molecule has 0 aromatic rings. The van der Waals surface area contributed by atoms with Crippen molar-refractivity contribution < 1.29 is 5.11 Å². The lowest BCUT2D eigenvalue weighted by Crippen LogP contribution is -2.32. The molecule has 72 valence electrons. The predicted molar refractivity (Wildman–Crippen MR) is 56.1 cm³/mol. The first kappa shape index (κ1) is 10.3. The largest absolute Gasteiger partial charge is 0.393 e. The molecule has 0 spiro atoms. The quantitative estimate of drug-likeness (QED) is 0.658. The molecule has 1 N–H and O–H groups in total. The number of rotatable bonds is 2. The zero-order chi connectivity index (χ0) is 9.19. The van der Waals surface area contributed by atoms with Gasteiger partial charge in [-0.05, 0) is 18.8 Å². The summed E-state index contributed by atoms with van der Waals surface area (Å²) in [4.78, 5) is 0. The SMILES string of the molecule is C[Si](C)(C)CC1CCCCC1O. The summed E-state index contributed by atoms with van der Waals surface area (Å²) >= 11 is 0. The minimum Gasteiger partial charge on any atom is -0.393 e. The van der Waals surface area contributed by atoms with Gasteiger partial charge in [0.1, 0.15) is 0 Å². The van der Waals surface area contributed by atoms with E-state index in [-0.39, 0.29) is 6.10 Å². The molecule has 0 saturated heterocycles. The molecule has 1 fully saturated rings. The molecule has 2 heteroatoms. The molecule has 0 heterocycles. The van der Waals surface area contributed by atoms with E-state index in [0.717, 1.165) is 6.42 Å². The first-order valence-electron chi connectivity index (χ1n) is 5.17. The van der Waals surface area contributed by atoms with Crippen molar-refractivity contribution in [2.45, 2.75) is 57.5 Å². The van der Waals surface area contributed by atoms with Gasteiger partial charge in [0, 0.05) is 8.07 Å². The number of aliphatic hydroxyl groups is 1. The highest BCUT2D eigenvalue weighted by Crippen LogP contribution is 2.31. The van der Waals surface area contributed by atoms with Crippen LogP contribution in [0, 0.1) is 5.92 Å². The van der Waals surface area contributed by atoms with E-state index in [0.29, 0.717) is 5.92 Å². The summed E-state index contributed by atoms with van der Waals surface area (Å²) in [5.74, 6) is 0.630. The molecular formula is C10H22OSi. The van der Waals surface area contributed by atoms with Gasteiger partial charge >= 0.3 is 0 Å². The Kier molecular flexibility index (Phi) is 3.35. The second kappa shape index (κ2) is 3.92. The zero-order valence-corrected chi connectivity index (χ0v) is 9.64. The lowest BCUT2D eigenvalue weighted by Gasteiger charge is -2.31. The Morgan fingerprint density at radius 2 is 1.75 bits per heavy atom. The molecule has 1 nitrogen and oxygen atoms in total. The van der Waals surface area contributed by atoms with Crippen LogP contribution in [-0.4, -0.2) is 19.3 Å². The van der Waals surface area contributed by atoms with Crippen molar-refractivity contribution >= 4 is 8.07 Å². The summed E-state index contributed by atoms with van der Waals surface area (Å²) in [5, 5.41) is 9.75. The maximum absolute atomic E-state index is 9.75. The summed E-state index contributed by atoms with van der Waals surface area (Å²) in [6.07, 6.45) is 4.92. The first-order valence-corrected chi connectivity index (χ1v) is 8.88. The average molecular weight is 186 g/mol. The zero-order valence-electron chi connectivity index (χ0n) is 8.64. The molecule has 0 radical (unpaired) electrons. The molecule has 0 aliphatic heterocycles. The van der Waals surface area contributed by atoms with Gasteiger partial charge in [-0.3, -0.25) is 0 Å². The van der Waals surface area contributed by atoms with Crippen LogP contribution in [0.5, 0.6) is 0 Å². The lowest BCUT2D eigenvalue weighted by atomic mass is 9.88. The third kappa shape index (κ3) is 3.28. The summed E-state index contributed by atoms with van der Waals surface area (Å²) in [7, 11) is -0.946. The topological polar surface area (TPSA) is 20.2 Å². The molecule has 0 aromatic carbocycles. The summed E-state index contributed by atoms with van der Waals surface area (Å²) in [5.41, 5.74) is 0. The third-order valence-electron chi connectivity index (χ3n) is 2.74. The maximum atomic E-state index is 9.75. The van der Waals surface area contributed by atoms with Crippen molar-refractivity contribution in [1.29, 1.82) is 0 Å². The Labute approximate surface area is 77.2 Å². The van der Waals surface area contributed by atoms with Crippen molar-refractivity contribution in [3.8, 4) is 0 Å². The van der Waals surface area contributed by atoms with Gasteiger partial charge in [-0.1, -0.05) is 38.5 Å². The van der Waals surface area contributed by atoms with E-state index in [4.69, 9.17) is 0 Å². The van der Waals surface area contributed by atoms with Gasteiger partial charge in [0.15, 0.2) is 0 Å². The van der Waals surface area contributed by atoms with E-state index in [9.17, 15) is 5.11 Å². The van der Waals surface area contributed by atoms with E-state index in [2.05, 4.69) is 19.6 Å². The first-order chi connectivity index (χ1) is 5.49. The average Bonchev–Trinajstić information content (AvgIpc) is 1.91. The van der Waals surface area contributed by atoms with E-state index >= 15 is 0 Å². The van der Waals surface area contributed by atoms with Crippen LogP contribution in [0.2, 0.25) is 25.7 Å². The molecule has 0 amide bonds. The van der Waals surface area contributed by atoms with E-state index in [1.165, 1.54) is 25.3 Å². The van der Waals surface area contributed by atoms with Crippen molar-refractivity contribution in [2.24, 2.45) is 5.92 Å². The molecule has 12 heavy (non-hydrogen) atoms. The second-order valence-electron chi connectivity index (χ2n) is 5.38. The van der Waals surface area contributed by atoms with E-state index in [1.54, 1.807) is 0 Å². The monoisotopic (exact) mass is 186 g/mol. The van der Waals surface area contributed by atoms with Crippen LogP contribution in [0.25, 0.3) is 0 Å². The Balaban J connectivity index is 2.39. The fraction of sp³-hybridized carbons (Fsp3) is 1.00. The highest BCUT2D eigenvalue weighted by molar-refractivity contribution is 6.76. The molecule has 1 saturated carbocycles. The van der Waals surface area contributed by atoms with E-state index < -0.39 is 8.07 Å². The standard InChI is InChI=1S/C10H22OSi/c1-12(2,3)8-9-6-4-5-7-10(9)11/h9-11H,4-8H2,1-3H3. The molecule has 2 unspecified atom stereocenters. The summed E-state index contributed by atoms with van der Waals surface area (Å²) in [6.45, 7) is 7.19. The Hall–Kier alpha value is 0.177. The third-order valence-corrected chi connectivity index (χ3v) is 4.49. The molecular weight excluding hydrogens is 164 g/mol. The minimum atomic E-state index is -0.946. The molecule has 2 atom stereocenters. The molecule has 1 aliphatic carbocycles. The fourth-order valence-electron chi connectivity index (χ4n) is 2.21. The maximum Gasteiger partial charge on any atom is 0.0565 e. The number of hydrogen-bond donors (Lipinski definition) is 1. The minimum absolute atomic E-state index is 0.0190. The molecule has 0 aromatic heterocycles. The van der Waals surface area contributed by atoms with Gasteiger partial charge in [0.05, 0.1) is 6.10 Å². The van der Waals surface area contributed by atoms with Crippen LogP contribution in [0.15, 0.2) is 0 Å². The molecule has 1 aliphatic rings. The fourth-order valence-corrected chi connectivity index (χ4v) is 4.26. The number of aliphatic hydroxyl groups excluding tert-OH is 1. The molecule has 0 bridgehead atoms. The van der Waals surface area contributed by atoms with Crippen LogP contribution >= 0.6 is 0 Å². The Bertz CT molecular complexity index is 139. The van der Waals surface area contributed by atoms with Gasteiger partial charge in [0.25, 0.3) is 0 Å². The molecule has 1 rings (SSSR count). The highest BCUT2D eigenvalue weighted by Gasteiger charge is 2.27. The van der Waals surface area contributed by atoms with Gasteiger partial charge < -0.3 is 5.11 Å². The van der Waals surface area contributed by atoms with Gasteiger partial charge in [-0.2, -0.15) is 0 Å². The summed E-state index contributed by atoms with van der Waals surface area (Å²) < 4.78 is 0.